The second-order valence-electron chi connectivity index (χ2n) is 7.16. The summed E-state index contributed by atoms with van der Waals surface area (Å²) in [6, 6.07) is 8.27. The molecule has 0 radical (unpaired) electrons. The quantitative estimate of drug-likeness (QED) is 0.781. The van der Waals surface area contributed by atoms with Crippen molar-refractivity contribution in [2.75, 3.05) is 38.0 Å². The van der Waals surface area contributed by atoms with Crippen molar-refractivity contribution in [2.45, 2.75) is 13.0 Å². The zero-order chi connectivity index (χ0) is 21.7. The Hall–Kier alpha value is -3.07. The van der Waals surface area contributed by atoms with Gasteiger partial charge in [0.25, 0.3) is 0 Å². The fraction of sp³-hybridized carbons (Fsp3) is 0.333. The predicted molar refractivity (Wildman–Crippen MR) is 106 cm³/mol. The fourth-order valence-electron chi connectivity index (χ4n) is 3.19. The van der Waals surface area contributed by atoms with Crippen LogP contribution in [0.5, 0.6) is 0 Å². The minimum atomic E-state index is -0.957. The minimum Gasteiger partial charge on any atom is -0.331 e. The van der Waals surface area contributed by atoms with Crippen LogP contribution >= 0.6 is 0 Å². The zero-order valence-electron chi connectivity index (χ0n) is 16.5. The van der Waals surface area contributed by atoms with Crippen LogP contribution in [0, 0.1) is 17.5 Å². The summed E-state index contributed by atoms with van der Waals surface area (Å²) in [6.07, 6.45) is 0. The van der Waals surface area contributed by atoms with E-state index in [1.807, 2.05) is 4.90 Å². The Kier molecular flexibility index (Phi) is 6.94. The Balaban J connectivity index is 1.44. The van der Waals surface area contributed by atoms with Crippen molar-refractivity contribution in [3.05, 3.63) is 65.5 Å². The second kappa shape index (κ2) is 9.62. The van der Waals surface area contributed by atoms with E-state index in [9.17, 15) is 22.8 Å². The van der Waals surface area contributed by atoms with Gasteiger partial charge in [-0.05, 0) is 48.9 Å². The Bertz CT molecular complexity index is 900. The third kappa shape index (κ3) is 5.73. The highest BCUT2D eigenvalue weighted by Crippen LogP contribution is 2.16. The van der Waals surface area contributed by atoms with Crippen LogP contribution < -0.4 is 10.6 Å². The molecule has 2 aromatic carbocycles. The lowest BCUT2D eigenvalue weighted by atomic mass is 10.1. The van der Waals surface area contributed by atoms with E-state index in [0.717, 1.165) is 12.1 Å². The van der Waals surface area contributed by atoms with Crippen molar-refractivity contribution in [3.63, 3.8) is 0 Å². The first kappa shape index (κ1) is 21.6. The SMILES string of the molecule is CC(NC(=O)N1CCN(CC(=O)Nc2ccc(F)cc2)CC1)c1ccc(F)c(F)c1. The summed E-state index contributed by atoms with van der Waals surface area (Å²) in [6.45, 7) is 3.76. The van der Waals surface area contributed by atoms with E-state index in [1.54, 1.807) is 11.8 Å². The van der Waals surface area contributed by atoms with Crippen LogP contribution in [0.3, 0.4) is 0 Å². The van der Waals surface area contributed by atoms with Gasteiger partial charge in [-0.3, -0.25) is 9.69 Å². The van der Waals surface area contributed by atoms with Crippen molar-refractivity contribution in [1.82, 2.24) is 15.1 Å². The number of nitrogens with one attached hydrogen (secondary N) is 2. The van der Waals surface area contributed by atoms with Gasteiger partial charge in [0.1, 0.15) is 5.82 Å². The van der Waals surface area contributed by atoms with E-state index in [2.05, 4.69) is 10.6 Å². The molecule has 1 aliphatic rings. The lowest BCUT2D eigenvalue weighted by Gasteiger charge is -2.35. The van der Waals surface area contributed by atoms with Gasteiger partial charge < -0.3 is 15.5 Å². The number of hydrogen-bond donors (Lipinski definition) is 2. The summed E-state index contributed by atoms with van der Waals surface area (Å²) in [7, 11) is 0. The number of carbonyl (C=O) groups excluding carboxylic acids is 2. The molecule has 0 bridgehead atoms. The van der Waals surface area contributed by atoms with E-state index in [4.69, 9.17) is 0 Å². The van der Waals surface area contributed by atoms with Crippen LogP contribution in [0.15, 0.2) is 42.5 Å². The molecule has 30 heavy (non-hydrogen) atoms. The molecular weight excluding hydrogens is 397 g/mol. The van der Waals surface area contributed by atoms with Crippen molar-refractivity contribution in [2.24, 2.45) is 0 Å². The molecule has 6 nitrogen and oxygen atoms in total. The Labute approximate surface area is 172 Å². The van der Waals surface area contributed by atoms with Gasteiger partial charge in [-0.15, -0.1) is 0 Å². The van der Waals surface area contributed by atoms with Crippen LogP contribution in [0.4, 0.5) is 23.7 Å². The van der Waals surface area contributed by atoms with Crippen molar-refractivity contribution < 1.29 is 22.8 Å². The lowest BCUT2D eigenvalue weighted by Crippen LogP contribution is -2.53. The molecule has 3 rings (SSSR count). The molecule has 160 valence electrons. The number of amides is 3. The van der Waals surface area contributed by atoms with E-state index in [-0.39, 0.29) is 24.3 Å². The maximum Gasteiger partial charge on any atom is 0.317 e. The summed E-state index contributed by atoms with van der Waals surface area (Å²) >= 11 is 0. The highest BCUT2D eigenvalue weighted by Gasteiger charge is 2.23. The van der Waals surface area contributed by atoms with Crippen LogP contribution in [-0.4, -0.2) is 54.5 Å². The third-order valence-corrected chi connectivity index (χ3v) is 4.94. The van der Waals surface area contributed by atoms with E-state index in [0.29, 0.717) is 37.4 Å². The number of rotatable bonds is 5. The van der Waals surface area contributed by atoms with Gasteiger partial charge in [0.15, 0.2) is 11.6 Å². The van der Waals surface area contributed by atoms with Crippen LogP contribution in [-0.2, 0) is 4.79 Å². The number of halogens is 3. The summed E-state index contributed by atoms with van der Waals surface area (Å²) in [5, 5.41) is 5.48. The van der Waals surface area contributed by atoms with Crippen LogP contribution in [0.2, 0.25) is 0 Å². The molecule has 1 aliphatic heterocycles. The highest BCUT2D eigenvalue weighted by molar-refractivity contribution is 5.92. The average Bonchev–Trinajstić information content (AvgIpc) is 2.72. The third-order valence-electron chi connectivity index (χ3n) is 4.94. The first-order valence-corrected chi connectivity index (χ1v) is 9.60. The molecule has 0 aromatic heterocycles. The molecular formula is C21H23F3N4O2. The zero-order valence-corrected chi connectivity index (χ0v) is 16.5. The maximum atomic E-state index is 13.4. The molecule has 2 aromatic rings. The van der Waals surface area contributed by atoms with Crippen molar-refractivity contribution in [1.29, 1.82) is 0 Å². The molecule has 1 saturated heterocycles. The number of benzene rings is 2. The first-order chi connectivity index (χ1) is 14.3. The minimum absolute atomic E-state index is 0.165. The first-order valence-electron chi connectivity index (χ1n) is 9.60. The number of anilines is 1. The Morgan fingerprint density at radius 1 is 0.967 bits per heavy atom. The molecule has 9 heteroatoms. The van der Waals surface area contributed by atoms with Gasteiger partial charge >= 0.3 is 6.03 Å². The molecule has 1 atom stereocenters. The largest absolute Gasteiger partial charge is 0.331 e. The molecule has 1 heterocycles. The van der Waals surface area contributed by atoms with Gasteiger partial charge in [0, 0.05) is 31.9 Å². The van der Waals surface area contributed by atoms with Crippen molar-refractivity contribution in [3.8, 4) is 0 Å². The number of carbonyl (C=O) groups is 2. The van der Waals surface area contributed by atoms with Gasteiger partial charge in [-0.25, -0.2) is 18.0 Å². The molecule has 0 saturated carbocycles. The molecule has 0 aliphatic carbocycles. The summed E-state index contributed by atoms with van der Waals surface area (Å²) in [4.78, 5) is 28.1. The summed E-state index contributed by atoms with van der Waals surface area (Å²) in [5.41, 5.74) is 0.990. The normalized spacial score (nSPS) is 15.5. The fourth-order valence-corrected chi connectivity index (χ4v) is 3.19. The van der Waals surface area contributed by atoms with Gasteiger partial charge in [-0.1, -0.05) is 6.07 Å². The molecule has 3 amide bonds. The number of hydrogen-bond acceptors (Lipinski definition) is 3. The number of piperazine rings is 1. The summed E-state index contributed by atoms with van der Waals surface area (Å²) < 4.78 is 39.4. The average molecular weight is 420 g/mol. The Morgan fingerprint density at radius 3 is 2.27 bits per heavy atom. The standard InChI is InChI=1S/C21H23F3N4O2/c1-14(15-2-7-18(23)19(24)12-15)25-21(30)28-10-8-27(9-11-28)13-20(29)26-17-5-3-16(22)4-6-17/h2-7,12,14H,8-11,13H2,1H3,(H,25,30)(H,26,29). The number of urea groups is 1. The smallest absolute Gasteiger partial charge is 0.317 e. The van der Waals surface area contributed by atoms with E-state index < -0.39 is 17.7 Å². The van der Waals surface area contributed by atoms with Gasteiger partial charge in [0.05, 0.1) is 12.6 Å². The highest BCUT2D eigenvalue weighted by atomic mass is 19.2. The number of nitrogens with zero attached hydrogens (tertiary/aromatic N) is 2. The second-order valence-corrected chi connectivity index (χ2v) is 7.16. The van der Waals surface area contributed by atoms with E-state index >= 15 is 0 Å². The molecule has 2 N–H and O–H groups in total. The topological polar surface area (TPSA) is 64.7 Å². The van der Waals surface area contributed by atoms with E-state index in [1.165, 1.54) is 30.3 Å². The van der Waals surface area contributed by atoms with Gasteiger partial charge in [0.2, 0.25) is 5.91 Å². The van der Waals surface area contributed by atoms with Gasteiger partial charge in [-0.2, -0.15) is 0 Å². The summed E-state index contributed by atoms with van der Waals surface area (Å²) in [5.74, 6) is -2.48. The molecule has 1 fully saturated rings. The maximum absolute atomic E-state index is 13.4. The monoisotopic (exact) mass is 420 g/mol. The predicted octanol–water partition coefficient (Wildman–Crippen LogP) is 3.13. The Morgan fingerprint density at radius 2 is 1.63 bits per heavy atom. The van der Waals surface area contributed by atoms with Crippen molar-refractivity contribution >= 4 is 17.6 Å². The molecule has 1 unspecified atom stereocenters. The molecule has 0 spiro atoms. The lowest BCUT2D eigenvalue weighted by molar-refractivity contribution is -0.117. The van der Waals surface area contributed by atoms with Crippen LogP contribution in [0.1, 0.15) is 18.5 Å². The van der Waals surface area contributed by atoms with Crippen LogP contribution in [0.25, 0.3) is 0 Å².